The van der Waals surface area contributed by atoms with Crippen molar-refractivity contribution in [2.24, 2.45) is 0 Å². The number of rotatable bonds is 3. The minimum atomic E-state index is 0.738. The van der Waals surface area contributed by atoms with Crippen LogP contribution in [0.15, 0.2) is 146 Å². The van der Waals surface area contributed by atoms with E-state index < -0.39 is 0 Å². The zero-order valence-corrected chi connectivity index (χ0v) is 24.0. The van der Waals surface area contributed by atoms with E-state index >= 15 is 0 Å². The second kappa shape index (κ2) is 9.59. The molecule has 0 amide bonds. The van der Waals surface area contributed by atoms with Gasteiger partial charge in [-0.15, -0.1) is 11.3 Å². The van der Waals surface area contributed by atoms with Crippen LogP contribution in [-0.4, -0.2) is 9.97 Å². The van der Waals surface area contributed by atoms with Crippen LogP contribution in [-0.2, 0) is 0 Å². The lowest BCUT2D eigenvalue weighted by Gasteiger charge is -2.14. The topological polar surface area (TPSA) is 25.8 Å². The Morgan fingerprint density at radius 2 is 1.12 bits per heavy atom. The molecule has 0 aliphatic carbocycles. The van der Waals surface area contributed by atoms with Gasteiger partial charge in [0.15, 0.2) is 5.82 Å². The minimum Gasteiger partial charge on any atom is -0.228 e. The van der Waals surface area contributed by atoms with Crippen LogP contribution in [0.3, 0.4) is 0 Å². The Balaban J connectivity index is 1.32. The first-order valence-corrected chi connectivity index (χ1v) is 15.3. The standard InChI is InChI=1S/C40H24N2S/c1-2-11-25(12-3-1)39-32-17-6-8-19-36(32)41-40(42-39)35-22-28(21-26-13-4-5-15-29(26)35)30-18-10-14-27-23-38-34(24-33(27)30)31-16-7-9-20-37(31)43-38/h1-24H. The van der Waals surface area contributed by atoms with Crippen LogP contribution in [0.4, 0.5) is 0 Å². The molecule has 0 unspecified atom stereocenters. The van der Waals surface area contributed by atoms with E-state index in [9.17, 15) is 0 Å². The van der Waals surface area contributed by atoms with Gasteiger partial charge in [-0.2, -0.15) is 0 Å². The molecule has 0 saturated heterocycles. The van der Waals surface area contributed by atoms with Gasteiger partial charge in [-0.3, -0.25) is 0 Å². The molecular formula is C40H24N2S. The Labute approximate surface area is 252 Å². The van der Waals surface area contributed by atoms with Gasteiger partial charge >= 0.3 is 0 Å². The van der Waals surface area contributed by atoms with Crippen molar-refractivity contribution < 1.29 is 0 Å². The zero-order chi connectivity index (χ0) is 28.3. The van der Waals surface area contributed by atoms with Crippen molar-refractivity contribution in [1.82, 2.24) is 9.97 Å². The molecule has 0 fully saturated rings. The highest BCUT2D eigenvalue weighted by atomic mass is 32.1. The second-order valence-electron chi connectivity index (χ2n) is 11.0. The smallest absolute Gasteiger partial charge is 0.161 e. The average Bonchev–Trinajstić information content (AvgIpc) is 3.43. The number of nitrogens with zero attached hydrogens (tertiary/aromatic N) is 2. The van der Waals surface area contributed by atoms with Crippen LogP contribution in [0, 0.1) is 0 Å². The largest absolute Gasteiger partial charge is 0.228 e. The van der Waals surface area contributed by atoms with Crippen molar-refractivity contribution in [3.8, 4) is 33.8 Å². The molecule has 2 heterocycles. The van der Waals surface area contributed by atoms with E-state index in [4.69, 9.17) is 9.97 Å². The maximum Gasteiger partial charge on any atom is 0.161 e. The third kappa shape index (κ3) is 3.93. The van der Waals surface area contributed by atoms with E-state index in [1.807, 2.05) is 23.5 Å². The third-order valence-electron chi connectivity index (χ3n) is 8.44. The average molecular weight is 565 g/mol. The lowest BCUT2D eigenvalue weighted by atomic mass is 9.92. The van der Waals surface area contributed by atoms with Crippen LogP contribution in [0.5, 0.6) is 0 Å². The number of fused-ring (bicyclic) bond motifs is 6. The molecule has 0 aliphatic heterocycles. The molecule has 3 heteroatoms. The molecule has 9 aromatic rings. The molecule has 0 radical (unpaired) electrons. The fraction of sp³-hybridized carbons (Fsp3) is 0. The zero-order valence-electron chi connectivity index (χ0n) is 23.2. The highest BCUT2D eigenvalue weighted by molar-refractivity contribution is 7.25. The summed E-state index contributed by atoms with van der Waals surface area (Å²) in [4.78, 5) is 10.4. The van der Waals surface area contributed by atoms with E-state index in [0.717, 1.165) is 44.5 Å². The first-order valence-electron chi connectivity index (χ1n) is 14.5. The van der Waals surface area contributed by atoms with E-state index in [1.54, 1.807) is 0 Å². The maximum absolute atomic E-state index is 5.25. The Hall–Kier alpha value is -5.38. The molecule has 0 bridgehead atoms. The highest BCUT2D eigenvalue weighted by Gasteiger charge is 2.16. The van der Waals surface area contributed by atoms with Crippen LogP contribution < -0.4 is 0 Å². The van der Waals surface area contributed by atoms with E-state index in [2.05, 4.69) is 133 Å². The Kier molecular flexibility index (Phi) is 5.40. The molecule has 0 spiro atoms. The Bertz CT molecular complexity index is 2510. The van der Waals surface area contributed by atoms with Gasteiger partial charge in [0.2, 0.25) is 0 Å². The first-order chi connectivity index (χ1) is 21.3. The lowest BCUT2D eigenvalue weighted by molar-refractivity contribution is 1.23. The van der Waals surface area contributed by atoms with Gasteiger partial charge in [-0.05, 0) is 69.1 Å². The Morgan fingerprint density at radius 1 is 0.395 bits per heavy atom. The molecule has 0 atom stereocenters. The summed E-state index contributed by atoms with van der Waals surface area (Å²) < 4.78 is 2.65. The number of aromatic nitrogens is 2. The number of hydrogen-bond donors (Lipinski definition) is 0. The number of para-hydroxylation sites is 1. The van der Waals surface area contributed by atoms with Crippen molar-refractivity contribution in [2.75, 3.05) is 0 Å². The van der Waals surface area contributed by atoms with Gasteiger partial charge in [-0.25, -0.2) is 9.97 Å². The van der Waals surface area contributed by atoms with Crippen LogP contribution in [0.1, 0.15) is 0 Å². The summed E-state index contributed by atoms with van der Waals surface area (Å²) in [6, 6.07) is 52.0. The molecule has 0 saturated carbocycles. The summed E-state index contributed by atoms with van der Waals surface area (Å²) in [5.41, 5.74) is 6.39. The molecule has 0 aliphatic rings. The summed E-state index contributed by atoms with van der Waals surface area (Å²) in [6.45, 7) is 0. The third-order valence-corrected chi connectivity index (χ3v) is 9.58. The fourth-order valence-electron chi connectivity index (χ4n) is 6.41. The highest BCUT2D eigenvalue weighted by Crippen LogP contribution is 2.41. The molecule has 200 valence electrons. The Morgan fingerprint density at radius 3 is 2.02 bits per heavy atom. The fourth-order valence-corrected chi connectivity index (χ4v) is 7.55. The summed E-state index contributed by atoms with van der Waals surface area (Å²) in [5, 5.41) is 8.50. The van der Waals surface area contributed by atoms with E-state index in [-0.39, 0.29) is 0 Å². The van der Waals surface area contributed by atoms with Crippen LogP contribution in [0.25, 0.3) is 86.4 Å². The quantitative estimate of drug-likeness (QED) is 0.213. The van der Waals surface area contributed by atoms with Crippen molar-refractivity contribution in [3.05, 3.63) is 146 Å². The van der Waals surface area contributed by atoms with Crippen LogP contribution >= 0.6 is 11.3 Å². The van der Waals surface area contributed by atoms with Gasteiger partial charge in [0.05, 0.1) is 11.2 Å². The van der Waals surface area contributed by atoms with Crippen molar-refractivity contribution >= 4 is 64.0 Å². The number of thiophene rings is 1. The van der Waals surface area contributed by atoms with Gasteiger partial charge in [0.25, 0.3) is 0 Å². The summed E-state index contributed by atoms with van der Waals surface area (Å²) in [6.07, 6.45) is 0. The maximum atomic E-state index is 5.25. The molecule has 7 aromatic carbocycles. The summed E-state index contributed by atoms with van der Waals surface area (Å²) in [7, 11) is 0. The first kappa shape index (κ1) is 24.2. The van der Waals surface area contributed by atoms with Gasteiger partial charge in [0, 0.05) is 36.7 Å². The van der Waals surface area contributed by atoms with Gasteiger partial charge < -0.3 is 0 Å². The SMILES string of the molecule is c1ccc(-c2nc(-c3cc(-c4cccc5cc6sc7ccccc7c6cc45)cc4ccccc34)nc3ccccc23)cc1. The molecular weight excluding hydrogens is 541 g/mol. The van der Waals surface area contributed by atoms with E-state index in [0.29, 0.717) is 0 Å². The minimum absolute atomic E-state index is 0.738. The molecule has 2 nitrogen and oxygen atoms in total. The van der Waals surface area contributed by atoms with Gasteiger partial charge in [-0.1, -0.05) is 109 Å². The van der Waals surface area contributed by atoms with E-state index in [1.165, 1.54) is 41.9 Å². The predicted octanol–water partition coefficient (Wildman–Crippen LogP) is 11.3. The van der Waals surface area contributed by atoms with Crippen molar-refractivity contribution in [1.29, 1.82) is 0 Å². The monoisotopic (exact) mass is 564 g/mol. The molecule has 2 aromatic heterocycles. The normalized spacial score (nSPS) is 11.7. The van der Waals surface area contributed by atoms with Crippen LogP contribution in [0.2, 0.25) is 0 Å². The molecule has 43 heavy (non-hydrogen) atoms. The summed E-state index contributed by atoms with van der Waals surface area (Å²) in [5.74, 6) is 0.738. The van der Waals surface area contributed by atoms with Gasteiger partial charge in [0.1, 0.15) is 0 Å². The predicted molar refractivity (Wildman–Crippen MR) is 184 cm³/mol. The van der Waals surface area contributed by atoms with Crippen molar-refractivity contribution in [2.45, 2.75) is 0 Å². The van der Waals surface area contributed by atoms with Crippen molar-refractivity contribution in [3.63, 3.8) is 0 Å². The molecule has 9 rings (SSSR count). The molecule has 0 N–H and O–H groups in total. The second-order valence-corrected chi connectivity index (χ2v) is 12.1. The number of hydrogen-bond acceptors (Lipinski definition) is 3. The summed E-state index contributed by atoms with van der Waals surface area (Å²) >= 11 is 1.86. The lowest BCUT2D eigenvalue weighted by Crippen LogP contribution is -1.96. The number of benzene rings is 7.